The molecular formula is C14H23NO2. The molecule has 0 aliphatic rings. The lowest BCUT2D eigenvalue weighted by Crippen LogP contribution is -2.10. The van der Waals surface area contributed by atoms with Crippen LogP contribution in [0.1, 0.15) is 25.3 Å². The fourth-order valence-corrected chi connectivity index (χ4v) is 1.59. The Bertz CT molecular complexity index is 326. The molecule has 3 nitrogen and oxygen atoms in total. The summed E-state index contributed by atoms with van der Waals surface area (Å²) in [5.74, 6) is 1.67. The molecule has 0 aliphatic carbocycles. The average Bonchev–Trinajstić information content (AvgIpc) is 2.37. The maximum absolute atomic E-state index is 5.74. The Labute approximate surface area is 104 Å². The van der Waals surface area contributed by atoms with Crippen molar-refractivity contribution in [2.75, 3.05) is 27.3 Å². The van der Waals surface area contributed by atoms with Gasteiger partial charge in [-0.1, -0.05) is 19.4 Å². The molecule has 0 spiro atoms. The van der Waals surface area contributed by atoms with Crippen molar-refractivity contribution >= 4 is 0 Å². The number of hydrogen-bond donors (Lipinski definition) is 1. The molecule has 0 aromatic heterocycles. The molecule has 1 rings (SSSR count). The van der Waals surface area contributed by atoms with Crippen molar-refractivity contribution < 1.29 is 9.47 Å². The number of ether oxygens (including phenoxy) is 2. The number of rotatable bonds is 8. The first-order valence-electron chi connectivity index (χ1n) is 6.26. The van der Waals surface area contributed by atoms with Gasteiger partial charge in [0.25, 0.3) is 0 Å². The first-order valence-corrected chi connectivity index (χ1v) is 6.26. The van der Waals surface area contributed by atoms with Crippen LogP contribution in [0.2, 0.25) is 0 Å². The number of nitrogens with one attached hydrogen (secondary N) is 1. The Morgan fingerprint density at radius 1 is 1.24 bits per heavy atom. The van der Waals surface area contributed by atoms with E-state index in [9.17, 15) is 0 Å². The number of benzene rings is 1. The van der Waals surface area contributed by atoms with Crippen molar-refractivity contribution in [2.45, 2.75) is 26.2 Å². The van der Waals surface area contributed by atoms with Crippen molar-refractivity contribution in [2.24, 2.45) is 0 Å². The van der Waals surface area contributed by atoms with E-state index in [4.69, 9.17) is 9.47 Å². The van der Waals surface area contributed by atoms with E-state index in [-0.39, 0.29) is 0 Å². The highest BCUT2D eigenvalue weighted by molar-refractivity contribution is 5.43. The Morgan fingerprint density at radius 2 is 2.06 bits per heavy atom. The molecule has 0 amide bonds. The van der Waals surface area contributed by atoms with Crippen LogP contribution in [0.3, 0.4) is 0 Å². The van der Waals surface area contributed by atoms with Crippen LogP contribution in [0.25, 0.3) is 0 Å². The molecule has 96 valence electrons. The van der Waals surface area contributed by atoms with Gasteiger partial charge in [0.1, 0.15) is 0 Å². The molecule has 0 saturated heterocycles. The van der Waals surface area contributed by atoms with Crippen LogP contribution in [-0.4, -0.2) is 27.3 Å². The minimum atomic E-state index is 0.752. The van der Waals surface area contributed by atoms with Crippen LogP contribution in [0, 0.1) is 0 Å². The van der Waals surface area contributed by atoms with Crippen LogP contribution in [0.5, 0.6) is 11.5 Å². The van der Waals surface area contributed by atoms with Crippen LogP contribution >= 0.6 is 0 Å². The van der Waals surface area contributed by atoms with Gasteiger partial charge in [-0.2, -0.15) is 0 Å². The smallest absolute Gasteiger partial charge is 0.161 e. The van der Waals surface area contributed by atoms with Crippen molar-refractivity contribution in [1.82, 2.24) is 5.32 Å². The Balaban J connectivity index is 2.68. The van der Waals surface area contributed by atoms with E-state index in [1.807, 2.05) is 13.1 Å². The standard InChI is InChI=1S/C14H23NO2/c1-4-5-10-17-14-11-12(8-9-15-2)6-7-13(14)16-3/h6-7,11,15H,4-5,8-10H2,1-3H3. The van der Waals surface area contributed by atoms with Gasteiger partial charge in [-0.25, -0.2) is 0 Å². The minimum absolute atomic E-state index is 0.752. The predicted octanol–water partition coefficient (Wildman–Crippen LogP) is 2.64. The largest absolute Gasteiger partial charge is 0.493 e. The summed E-state index contributed by atoms with van der Waals surface area (Å²) in [6.07, 6.45) is 3.22. The second-order valence-corrected chi connectivity index (χ2v) is 4.04. The SMILES string of the molecule is CCCCOc1cc(CCNC)ccc1OC. The Morgan fingerprint density at radius 3 is 2.71 bits per heavy atom. The summed E-state index contributed by atoms with van der Waals surface area (Å²) in [5, 5.41) is 3.14. The topological polar surface area (TPSA) is 30.5 Å². The third-order valence-corrected chi connectivity index (χ3v) is 2.65. The first kappa shape index (κ1) is 13.8. The molecule has 3 heteroatoms. The van der Waals surface area contributed by atoms with E-state index in [1.165, 1.54) is 5.56 Å². The van der Waals surface area contributed by atoms with E-state index in [0.29, 0.717) is 0 Å². The summed E-state index contributed by atoms with van der Waals surface area (Å²) >= 11 is 0. The molecule has 0 fully saturated rings. The number of methoxy groups -OCH3 is 1. The van der Waals surface area contributed by atoms with Gasteiger partial charge in [0.15, 0.2) is 11.5 Å². The highest BCUT2D eigenvalue weighted by Crippen LogP contribution is 2.28. The molecule has 0 saturated carbocycles. The molecule has 0 unspecified atom stereocenters. The predicted molar refractivity (Wildman–Crippen MR) is 71.0 cm³/mol. The normalized spacial score (nSPS) is 10.3. The summed E-state index contributed by atoms with van der Waals surface area (Å²) in [6.45, 7) is 3.88. The summed E-state index contributed by atoms with van der Waals surface area (Å²) in [5.41, 5.74) is 1.27. The minimum Gasteiger partial charge on any atom is -0.493 e. The van der Waals surface area contributed by atoms with Gasteiger partial charge in [0, 0.05) is 0 Å². The summed E-state index contributed by atoms with van der Waals surface area (Å²) in [6, 6.07) is 6.14. The number of hydrogen-bond acceptors (Lipinski definition) is 3. The van der Waals surface area contributed by atoms with Gasteiger partial charge in [-0.15, -0.1) is 0 Å². The average molecular weight is 237 g/mol. The highest BCUT2D eigenvalue weighted by Gasteiger charge is 2.05. The van der Waals surface area contributed by atoms with Crippen molar-refractivity contribution in [1.29, 1.82) is 0 Å². The zero-order chi connectivity index (χ0) is 12.5. The van der Waals surface area contributed by atoms with Crippen molar-refractivity contribution in [3.05, 3.63) is 23.8 Å². The summed E-state index contributed by atoms with van der Waals surface area (Å²) in [4.78, 5) is 0. The molecule has 1 aromatic rings. The maximum Gasteiger partial charge on any atom is 0.161 e. The van der Waals surface area contributed by atoms with Crippen LogP contribution in [-0.2, 0) is 6.42 Å². The van der Waals surface area contributed by atoms with Crippen molar-refractivity contribution in [3.8, 4) is 11.5 Å². The van der Waals surface area contributed by atoms with E-state index < -0.39 is 0 Å². The number of unbranched alkanes of at least 4 members (excludes halogenated alkanes) is 1. The molecule has 17 heavy (non-hydrogen) atoms. The van der Waals surface area contributed by atoms with Crippen LogP contribution in [0.15, 0.2) is 18.2 Å². The lowest BCUT2D eigenvalue weighted by molar-refractivity contribution is 0.288. The fourth-order valence-electron chi connectivity index (χ4n) is 1.59. The first-order chi connectivity index (χ1) is 8.31. The molecule has 1 aromatic carbocycles. The van der Waals surface area contributed by atoms with E-state index in [2.05, 4.69) is 24.4 Å². The Hall–Kier alpha value is -1.22. The van der Waals surface area contributed by atoms with E-state index in [0.717, 1.165) is 43.9 Å². The molecule has 0 heterocycles. The van der Waals surface area contributed by atoms with Gasteiger partial charge in [0.2, 0.25) is 0 Å². The lowest BCUT2D eigenvalue weighted by Gasteiger charge is -2.12. The zero-order valence-electron chi connectivity index (χ0n) is 11.1. The zero-order valence-corrected chi connectivity index (χ0v) is 11.1. The van der Waals surface area contributed by atoms with Crippen LogP contribution in [0.4, 0.5) is 0 Å². The molecular weight excluding hydrogens is 214 g/mol. The van der Waals surface area contributed by atoms with Gasteiger partial charge >= 0.3 is 0 Å². The lowest BCUT2D eigenvalue weighted by atomic mass is 10.1. The fraction of sp³-hybridized carbons (Fsp3) is 0.571. The van der Waals surface area contributed by atoms with Gasteiger partial charge in [-0.05, 0) is 44.1 Å². The van der Waals surface area contributed by atoms with E-state index >= 15 is 0 Å². The van der Waals surface area contributed by atoms with Gasteiger partial charge < -0.3 is 14.8 Å². The third-order valence-electron chi connectivity index (χ3n) is 2.65. The summed E-state index contributed by atoms with van der Waals surface area (Å²) < 4.78 is 11.0. The highest BCUT2D eigenvalue weighted by atomic mass is 16.5. The summed E-state index contributed by atoms with van der Waals surface area (Å²) in [7, 11) is 3.64. The quantitative estimate of drug-likeness (QED) is 0.705. The second-order valence-electron chi connectivity index (χ2n) is 4.04. The van der Waals surface area contributed by atoms with E-state index in [1.54, 1.807) is 7.11 Å². The second kappa shape index (κ2) is 7.96. The molecule has 1 N–H and O–H groups in total. The maximum atomic E-state index is 5.74. The molecule has 0 bridgehead atoms. The molecule has 0 atom stereocenters. The van der Waals surface area contributed by atoms with Gasteiger partial charge in [-0.3, -0.25) is 0 Å². The van der Waals surface area contributed by atoms with Crippen LogP contribution < -0.4 is 14.8 Å². The number of likely N-dealkylation sites (N-methyl/N-ethyl adjacent to an activating group) is 1. The van der Waals surface area contributed by atoms with Gasteiger partial charge in [0.05, 0.1) is 13.7 Å². The third kappa shape index (κ3) is 4.65. The Kier molecular flexibility index (Phi) is 6.48. The molecule has 0 aliphatic heterocycles. The monoisotopic (exact) mass is 237 g/mol. The van der Waals surface area contributed by atoms with Crippen molar-refractivity contribution in [3.63, 3.8) is 0 Å². The molecule has 0 radical (unpaired) electrons.